The molecule has 0 bridgehead atoms. The fourth-order valence-electron chi connectivity index (χ4n) is 2.77. The fraction of sp³-hybridized carbons (Fsp3) is 0.368. The highest BCUT2D eigenvalue weighted by Gasteiger charge is 2.22. The van der Waals surface area contributed by atoms with Gasteiger partial charge in [0, 0.05) is 24.3 Å². The van der Waals surface area contributed by atoms with Gasteiger partial charge in [-0.1, -0.05) is 6.07 Å². The Morgan fingerprint density at radius 3 is 2.59 bits per heavy atom. The van der Waals surface area contributed by atoms with Crippen LogP contribution in [0.15, 0.2) is 48.7 Å². The summed E-state index contributed by atoms with van der Waals surface area (Å²) in [5.41, 5.74) is 0. The number of rotatable bonds is 6. The molecule has 3 rings (SSSR count). The van der Waals surface area contributed by atoms with Gasteiger partial charge in [0.15, 0.2) is 6.61 Å². The zero-order chi connectivity index (χ0) is 17.5. The first-order chi connectivity index (χ1) is 12.2. The highest BCUT2D eigenvalue weighted by molar-refractivity contribution is 5.85. The highest BCUT2D eigenvalue weighted by atomic mass is 35.5. The SMILES string of the molecule is CC1NCCCC1NC(=O)COc1ccc(Oc2ccccn2)cc1.Cl.Cl. The minimum atomic E-state index is -0.102. The van der Waals surface area contributed by atoms with Crippen LogP contribution in [0.25, 0.3) is 0 Å². The molecule has 2 atom stereocenters. The predicted molar refractivity (Wildman–Crippen MR) is 109 cm³/mol. The van der Waals surface area contributed by atoms with E-state index in [0.29, 0.717) is 23.4 Å². The van der Waals surface area contributed by atoms with E-state index in [1.165, 1.54) is 0 Å². The number of aromatic nitrogens is 1. The molecule has 0 spiro atoms. The summed E-state index contributed by atoms with van der Waals surface area (Å²) in [6.45, 7) is 3.10. The Hall–Kier alpha value is -2.02. The quantitative estimate of drug-likeness (QED) is 0.759. The third-order valence-electron chi connectivity index (χ3n) is 4.16. The normalized spacial score (nSPS) is 18.4. The molecule has 6 nitrogen and oxygen atoms in total. The number of hydrogen-bond acceptors (Lipinski definition) is 5. The van der Waals surface area contributed by atoms with Crippen molar-refractivity contribution in [3.8, 4) is 17.4 Å². The number of nitrogens with one attached hydrogen (secondary N) is 2. The van der Waals surface area contributed by atoms with Gasteiger partial charge >= 0.3 is 0 Å². The molecule has 2 heterocycles. The van der Waals surface area contributed by atoms with E-state index in [4.69, 9.17) is 9.47 Å². The van der Waals surface area contributed by atoms with Crippen LogP contribution in [-0.2, 0) is 4.79 Å². The average Bonchev–Trinajstić information content (AvgIpc) is 2.64. The molecule has 2 aromatic rings. The van der Waals surface area contributed by atoms with Crippen LogP contribution in [-0.4, -0.2) is 36.1 Å². The molecule has 1 aromatic carbocycles. The Bertz CT molecular complexity index is 686. The van der Waals surface area contributed by atoms with Gasteiger partial charge in [-0.3, -0.25) is 4.79 Å². The third kappa shape index (κ3) is 7.25. The number of hydrogen-bond donors (Lipinski definition) is 2. The van der Waals surface area contributed by atoms with Crippen LogP contribution < -0.4 is 20.1 Å². The molecular formula is C19H25Cl2N3O3. The summed E-state index contributed by atoms with van der Waals surface area (Å²) in [7, 11) is 0. The molecule has 1 aliphatic rings. The van der Waals surface area contributed by atoms with Crippen molar-refractivity contribution in [3.63, 3.8) is 0 Å². The Morgan fingerprint density at radius 1 is 1.19 bits per heavy atom. The van der Waals surface area contributed by atoms with Crippen LogP contribution in [0.1, 0.15) is 19.8 Å². The van der Waals surface area contributed by atoms with Crippen molar-refractivity contribution in [2.75, 3.05) is 13.2 Å². The zero-order valence-electron chi connectivity index (χ0n) is 15.1. The molecule has 8 heteroatoms. The second-order valence-electron chi connectivity index (χ2n) is 6.09. The van der Waals surface area contributed by atoms with Crippen molar-refractivity contribution in [2.24, 2.45) is 0 Å². The number of amides is 1. The van der Waals surface area contributed by atoms with Crippen molar-refractivity contribution >= 4 is 30.7 Å². The Labute approximate surface area is 171 Å². The van der Waals surface area contributed by atoms with Gasteiger partial charge in [-0.15, -0.1) is 24.8 Å². The minimum Gasteiger partial charge on any atom is -0.484 e. The maximum absolute atomic E-state index is 12.0. The van der Waals surface area contributed by atoms with E-state index in [9.17, 15) is 4.79 Å². The van der Waals surface area contributed by atoms with Crippen molar-refractivity contribution < 1.29 is 14.3 Å². The molecule has 1 aromatic heterocycles. The molecule has 0 aliphatic carbocycles. The molecule has 1 fully saturated rings. The lowest BCUT2D eigenvalue weighted by atomic mass is 10.00. The van der Waals surface area contributed by atoms with Crippen LogP contribution in [0.5, 0.6) is 17.4 Å². The number of benzene rings is 1. The maximum atomic E-state index is 12.0. The summed E-state index contributed by atoms with van der Waals surface area (Å²) >= 11 is 0. The van der Waals surface area contributed by atoms with Crippen LogP contribution in [0, 0.1) is 0 Å². The molecule has 148 valence electrons. The van der Waals surface area contributed by atoms with Gasteiger partial charge < -0.3 is 20.1 Å². The van der Waals surface area contributed by atoms with E-state index >= 15 is 0 Å². The predicted octanol–water partition coefficient (Wildman–Crippen LogP) is 3.35. The standard InChI is InChI=1S/C19H23N3O3.2ClH/c1-14-17(5-4-12-20-14)22-18(23)13-24-15-7-9-16(10-8-15)25-19-6-2-3-11-21-19;;/h2-3,6-11,14,17,20H,4-5,12-13H2,1H3,(H,22,23);2*1H. The van der Waals surface area contributed by atoms with Gasteiger partial charge in [0.25, 0.3) is 5.91 Å². The van der Waals surface area contributed by atoms with Crippen LogP contribution in [0.3, 0.4) is 0 Å². The van der Waals surface area contributed by atoms with Crippen molar-refractivity contribution in [3.05, 3.63) is 48.7 Å². The second kappa shape index (κ2) is 11.6. The Morgan fingerprint density at radius 2 is 1.93 bits per heavy atom. The van der Waals surface area contributed by atoms with Crippen molar-refractivity contribution in [2.45, 2.75) is 31.8 Å². The summed E-state index contributed by atoms with van der Waals surface area (Å²) in [4.78, 5) is 16.1. The van der Waals surface area contributed by atoms with E-state index in [1.807, 2.05) is 12.1 Å². The van der Waals surface area contributed by atoms with Crippen LogP contribution in [0.4, 0.5) is 0 Å². The molecule has 2 N–H and O–H groups in total. The lowest BCUT2D eigenvalue weighted by Gasteiger charge is -2.30. The first-order valence-electron chi connectivity index (χ1n) is 8.55. The van der Waals surface area contributed by atoms with Crippen LogP contribution >= 0.6 is 24.8 Å². The molecule has 1 saturated heterocycles. The number of pyridine rings is 1. The van der Waals surface area contributed by atoms with Crippen LogP contribution in [0.2, 0.25) is 0 Å². The van der Waals surface area contributed by atoms with E-state index in [0.717, 1.165) is 19.4 Å². The van der Waals surface area contributed by atoms with Crippen molar-refractivity contribution in [1.82, 2.24) is 15.6 Å². The number of piperidine rings is 1. The summed E-state index contributed by atoms with van der Waals surface area (Å²) in [5, 5.41) is 6.39. The fourth-order valence-corrected chi connectivity index (χ4v) is 2.77. The summed E-state index contributed by atoms with van der Waals surface area (Å²) in [6, 6.07) is 13.1. The van der Waals surface area contributed by atoms with Gasteiger partial charge in [0.2, 0.25) is 5.88 Å². The molecule has 0 radical (unpaired) electrons. The number of carbonyl (C=O) groups excluding carboxylic acids is 1. The molecule has 0 saturated carbocycles. The summed E-state index contributed by atoms with van der Waals surface area (Å²) < 4.78 is 11.2. The molecule has 2 unspecified atom stereocenters. The summed E-state index contributed by atoms with van der Waals surface area (Å²) in [6.07, 6.45) is 3.75. The van der Waals surface area contributed by atoms with Gasteiger partial charge in [0.1, 0.15) is 11.5 Å². The van der Waals surface area contributed by atoms with E-state index in [2.05, 4.69) is 22.5 Å². The Kier molecular flexibility index (Phi) is 9.93. The minimum absolute atomic E-state index is 0. The highest BCUT2D eigenvalue weighted by Crippen LogP contribution is 2.22. The van der Waals surface area contributed by atoms with Gasteiger partial charge in [-0.2, -0.15) is 0 Å². The molecular weight excluding hydrogens is 389 g/mol. The monoisotopic (exact) mass is 413 g/mol. The van der Waals surface area contributed by atoms with E-state index in [1.54, 1.807) is 36.5 Å². The van der Waals surface area contributed by atoms with Gasteiger partial charge in [-0.05, 0) is 56.6 Å². The molecule has 1 amide bonds. The lowest BCUT2D eigenvalue weighted by Crippen LogP contribution is -2.52. The first kappa shape index (κ1) is 23.0. The lowest BCUT2D eigenvalue weighted by molar-refractivity contribution is -0.124. The summed E-state index contributed by atoms with van der Waals surface area (Å²) in [5.74, 6) is 1.72. The van der Waals surface area contributed by atoms with E-state index in [-0.39, 0.29) is 43.4 Å². The second-order valence-corrected chi connectivity index (χ2v) is 6.09. The average molecular weight is 414 g/mol. The smallest absolute Gasteiger partial charge is 0.258 e. The first-order valence-corrected chi connectivity index (χ1v) is 8.55. The largest absolute Gasteiger partial charge is 0.484 e. The topological polar surface area (TPSA) is 72.5 Å². The van der Waals surface area contributed by atoms with E-state index < -0.39 is 0 Å². The number of halogens is 2. The maximum Gasteiger partial charge on any atom is 0.258 e. The Balaban J connectivity index is 0.00000182. The third-order valence-corrected chi connectivity index (χ3v) is 4.16. The number of nitrogens with zero attached hydrogens (tertiary/aromatic N) is 1. The number of ether oxygens (including phenoxy) is 2. The molecule has 1 aliphatic heterocycles. The van der Waals surface area contributed by atoms with Gasteiger partial charge in [-0.25, -0.2) is 4.98 Å². The molecule has 27 heavy (non-hydrogen) atoms. The zero-order valence-corrected chi connectivity index (χ0v) is 16.7. The van der Waals surface area contributed by atoms with Crippen molar-refractivity contribution in [1.29, 1.82) is 0 Å². The number of carbonyl (C=O) groups is 1. The van der Waals surface area contributed by atoms with Gasteiger partial charge in [0.05, 0.1) is 0 Å².